The van der Waals surface area contributed by atoms with Gasteiger partial charge in [0.2, 0.25) is 0 Å². The first kappa shape index (κ1) is 20.1. The van der Waals surface area contributed by atoms with Gasteiger partial charge in [-0.05, 0) is 36.2 Å². The molecule has 0 saturated heterocycles. The molecule has 0 fully saturated rings. The normalized spacial score (nSPS) is 12.3. The average Bonchev–Trinajstić information content (AvgIpc) is 3.13. The van der Waals surface area contributed by atoms with Crippen LogP contribution in [0.4, 0.5) is 0 Å². The summed E-state index contributed by atoms with van der Waals surface area (Å²) in [7, 11) is 1.70. The Hall–Kier alpha value is -1.64. The first-order chi connectivity index (χ1) is 12.8. The van der Waals surface area contributed by atoms with Crippen LogP contribution in [0.2, 0.25) is 14.5 Å². The molecular formula is C17H16Cl3N5OS. The summed E-state index contributed by atoms with van der Waals surface area (Å²) < 4.78 is 1.90. The number of rotatable bonds is 6. The van der Waals surface area contributed by atoms with Crippen LogP contribution in [0, 0.1) is 0 Å². The summed E-state index contributed by atoms with van der Waals surface area (Å²) in [6, 6.07) is 7.45. The van der Waals surface area contributed by atoms with E-state index in [0.29, 0.717) is 37.5 Å². The van der Waals surface area contributed by atoms with Crippen LogP contribution >= 0.6 is 46.1 Å². The van der Waals surface area contributed by atoms with Gasteiger partial charge >= 0.3 is 0 Å². The number of carbonyl (C=O) groups excluding carboxylic acids is 1. The predicted molar refractivity (Wildman–Crippen MR) is 110 cm³/mol. The van der Waals surface area contributed by atoms with Crippen molar-refractivity contribution in [3.63, 3.8) is 0 Å². The van der Waals surface area contributed by atoms with E-state index in [4.69, 9.17) is 46.3 Å². The molecule has 0 aliphatic carbocycles. The number of halogens is 3. The predicted octanol–water partition coefficient (Wildman–Crippen LogP) is 3.89. The first-order valence-electron chi connectivity index (χ1n) is 7.95. The minimum Gasteiger partial charge on any atom is -0.365 e. The minimum atomic E-state index is -0.566. The smallest absolute Gasteiger partial charge is 0.259 e. The Bertz CT molecular complexity index is 964. The summed E-state index contributed by atoms with van der Waals surface area (Å²) in [5.74, 6) is -0.776. The molecule has 0 bridgehead atoms. The third kappa shape index (κ3) is 3.97. The van der Waals surface area contributed by atoms with E-state index in [2.05, 4.69) is 10.3 Å². The fourth-order valence-corrected chi connectivity index (χ4v) is 4.78. The van der Waals surface area contributed by atoms with Crippen LogP contribution in [0.15, 0.2) is 24.3 Å². The molecule has 10 heteroatoms. The lowest BCUT2D eigenvalue weighted by Gasteiger charge is -2.18. The number of amides is 1. The monoisotopic (exact) mass is 443 g/mol. The van der Waals surface area contributed by atoms with Crippen molar-refractivity contribution in [2.24, 2.45) is 18.5 Å². The SMILES string of the molecule is Cn1nnc(Cl)c1-c1c(Cl)sc(C(N)=O)c1[C@@H](CN)Cc1ccc(Cl)cc1. The van der Waals surface area contributed by atoms with Crippen molar-refractivity contribution in [3.05, 3.63) is 54.8 Å². The molecule has 0 aliphatic heterocycles. The Morgan fingerprint density at radius 3 is 2.44 bits per heavy atom. The zero-order valence-corrected chi connectivity index (χ0v) is 17.3. The molecule has 27 heavy (non-hydrogen) atoms. The molecular weight excluding hydrogens is 429 g/mol. The number of thiophene rings is 1. The highest BCUT2D eigenvalue weighted by atomic mass is 35.5. The van der Waals surface area contributed by atoms with Crippen molar-refractivity contribution in [1.29, 1.82) is 0 Å². The van der Waals surface area contributed by atoms with E-state index in [9.17, 15) is 4.79 Å². The van der Waals surface area contributed by atoms with Crippen LogP contribution in [0.3, 0.4) is 0 Å². The molecule has 6 nitrogen and oxygen atoms in total. The van der Waals surface area contributed by atoms with Gasteiger partial charge in [-0.1, -0.05) is 52.1 Å². The maximum absolute atomic E-state index is 12.1. The van der Waals surface area contributed by atoms with Gasteiger partial charge in [-0.15, -0.1) is 16.4 Å². The molecule has 1 atom stereocenters. The zero-order chi connectivity index (χ0) is 19.7. The first-order valence-corrected chi connectivity index (χ1v) is 9.90. The molecule has 142 valence electrons. The van der Waals surface area contributed by atoms with Gasteiger partial charge in [0, 0.05) is 23.6 Å². The summed E-state index contributed by atoms with van der Waals surface area (Å²) in [5.41, 5.74) is 14.5. The van der Waals surface area contributed by atoms with E-state index in [-0.39, 0.29) is 17.6 Å². The van der Waals surface area contributed by atoms with Crippen LogP contribution < -0.4 is 11.5 Å². The van der Waals surface area contributed by atoms with Gasteiger partial charge in [0.15, 0.2) is 5.15 Å². The van der Waals surface area contributed by atoms with Crippen molar-refractivity contribution in [1.82, 2.24) is 15.0 Å². The molecule has 0 saturated carbocycles. The lowest BCUT2D eigenvalue weighted by molar-refractivity contribution is 0.100. The van der Waals surface area contributed by atoms with Gasteiger partial charge in [0.05, 0.1) is 4.88 Å². The highest BCUT2D eigenvalue weighted by Gasteiger charge is 2.30. The Morgan fingerprint density at radius 2 is 1.93 bits per heavy atom. The highest BCUT2D eigenvalue weighted by Crippen LogP contribution is 2.45. The molecule has 0 radical (unpaired) electrons. The molecule has 1 aromatic carbocycles. The summed E-state index contributed by atoms with van der Waals surface area (Å²) in [6.45, 7) is 0.284. The number of nitrogens with zero attached hydrogens (tertiary/aromatic N) is 3. The molecule has 2 heterocycles. The third-order valence-electron chi connectivity index (χ3n) is 4.24. The topological polar surface area (TPSA) is 99.8 Å². The second kappa shape index (κ2) is 8.16. The standard InChI is InChI=1S/C17H16Cl3N5OS/c1-25-13(15(19)23-24-25)12-11(14(17(22)26)27-16(12)20)9(7-21)6-8-2-4-10(18)5-3-8/h2-5,9H,6-7,21H2,1H3,(H2,22,26)/t9-/m1/s1. The largest absolute Gasteiger partial charge is 0.365 e. The van der Waals surface area contributed by atoms with E-state index >= 15 is 0 Å². The van der Waals surface area contributed by atoms with Crippen LogP contribution in [-0.2, 0) is 13.5 Å². The molecule has 0 unspecified atom stereocenters. The fourth-order valence-electron chi connectivity index (χ4n) is 3.01. The Kier molecular flexibility index (Phi) is 6.08. The van der Waals surface area contributed by atoms with E-state index in [0.717, 1.165) is 16.9 Å². The van der Waals surface area contributed by atoms with Gasteiger partial charge in [0.25, 0.3) is 5.91 Å². The Balaban J connectivity index is 2.16. The van der Waals surface area contributed by atoms with Crippen molar-refractivity contribution in [2.75, 3.05) is 6.54 Å². The summed E-state index contributed by atoms with van der Waals surface area (Å²) in [6.07, 6.45) is 0.580. The number of primary amides is 1. The van der Waals surface area contributed by atoms with Crippen LogP contribution in [-0.4, -0.2) is 27.4 Å². The molecule has 2 aromatic heterocycles. The van der Waals surface area contributed by atoms with Crippen molar-refractivity contribution >= 4 is 52.0 Å². The van der Waals surface area contributed by atoms with E-state index in [1.807, 2.05) is 24.3 Å². The lowest BCUT2D eigenvalue weighted by Crippen LogP contribution is -2.20. The van der Waals surface area contributed by atoms with Crippen molar-refractivity contribution in [2.45, 2.75) is 12.3 Å². The summed E-state index contributed by atoms with van der Waals surface area (Å²) in [4.78, 5) is 12.4. The van der Waals surface area contributed by atoms with E-state index < -0.39 is 5.91 Å². The summed E-state index contributed by atoms with van der Waals surface area (Å²) >= 11 is 19.8. The quantitative estimate of drug-likeness (QED) is 0.602. The molecule has 4 N–H and O–H groups in total. The molecule has 3 rings (SSSR count). The Labute approximate surface area is 175 Å². The van der Waals surface area contributed by atoms with Gasteiger partial charge in [-0.25, -0.2) is 4.68 Å². The van der Waals surface area contributed by atoms with Gasteiger partial charge in [0.1, 0.15) is 10.0 Å². The number of hydrogen-bond donors (Lipinski definition) is 2. The fraction of sp³-hybridized carbons (Fsp3) is 0.235. The van der Waals surface area contributed by atoms with Crippen molar-refractivity contribution < 1.29 is 4.79 Å². The number of carbonyl (C=O) groups is 1. The third-order valence-corrected chi connectivity index (χ3v) is 6.17. The zero-order valence-electron chi connectivity index (χ0n) is 14.2. The number of hydrogen-bond acceptors (Lipinski definition) is 5. The second-order valence-corrected chi connectivity index (χ2v) is 8.39. The average molecular weight is 445 g/mol. The lowest BCUT2D eigenvalue weighted by atomic mass is 9.88. The highest BCUT2D eigenvalue weighted by molar-refractivity contribution is 7.18. The van der Waals surface area contributed by atoms with Gasteiger partial charge in [-0.2, -0.15) is 0 Å². The van der Waals surface area contributed by atoms with E-state index in [1.54, 1.807) is 7.05 Å². The minimum absolute atomic E-state index is 0.191. The second-order valence-electron chi connectivity index (χ2n) is 5.97. The molecule has 0 spiro atoms. The van der Waals surface area contributed by atoms with Crippen LogP contribution in [0.5, 0.6) is 0 Å². The maximum Gasteiger partial charge on any atom is 0.259 e. The van der Waals surface area contributed by atoms with Crippen LogP contribution in [0.1, 0.15) is 26.7 Å². The molecule has 1 amide bonds. The Morgan fingerprint density at radius 1 is 1.26 bits per heavy atom. The molecule has 3 aromatic rings. The van der Waals surface area contributed by atoms with Crippen LogP contribution in [0.25, 0.3) is 11.3 Å². The summed E-state index contributed by atoms with van der Waals surface area (Å²) in [5, 5.41) is 8.63. The van der Waals surface area contributed by atoms with Gasteiger partial charge in [-0.3, -0.25) is 4.79 Å². The molecule has 0 aliphatic rings. The van der Waals surface area contributed by atoms with E-state index in [1.165, 1.54) is 4.68 Å². The number of aryl methyl sites for hydroxylation is 1. The van der Waals surface area contributed by atoms with Crippen molar-refractivity contribution in [3.8, 4) is 11.3 Å². The number of nitrogens with two attached hydrogens (primary N) is 2. The van der Waals surface area contributed by atoms with Gasteiger partial charge < -0.3 is 11.5 Å². The number of aromatic nitrogens is 3. The maximum atomic E-state index is 12.1. The number of benzene rings is 1.